The van der Waals surface area contributed by atoms with Gasteiger partial charge in [0, 0.05) is 16.7 Å². The van der Waals surface area contributed by atoms with Gasteiger partial charge < -0.3 is 0 Å². The Morgan fingerprint density at radius 3 is 2.47 bits per heavy atom. The third-order valence-corrected chi connectivity index (χ3v) is 2.33. The van der Waals surface area contributed by atoms with Gasteiger partial charge in [0.05, 0.1) is 5.02 Å². The molecule has 0 saturated heterocycles. The van der Waals surface area contributed by atoms with Crippen molar-refractivity contribution in [1.29, 1.82) is 0 Å². The van der Waals surface area contributed by atoms with Gasteiger partial charge in [-0.3, -0.25) is 9.59 Å². The van der Waals surface area contributed by atoms with E-state index in [2.05, 4.69) is 0 Å². The van der Waals surface area contributed by atoms with Gasteiger partial charge in [0.1, 0.15) is 0 Å². The Kier molecular flexibility index (Phi) is 3.52. The number of aldehydes is 1. The monoisotopic (exact) mass is 232 g/mol. The first-order valence-electron chi connectivity index (χ1n) is 4.05. The molecule has 0 fully saturated rings. The molecule has 0 amide bonds. The Morgan fingerprint density at radius 1 is 1.47 bits per heavy atom. The zero-order chi connectivity index (χ0) is 11.6. The molecule has 0 saturated carbocycles. The summed E-state index contributed by atoms with van der Waals surface area (Å²) in [6, 6.07) is 2.21. The van der Waals surface area contributed by atoms with Crippen LogP contribution in [0.1, 0.15) is 39.6 Å². The summed E-state index contributed by atoms with van der Waals surface area (Å²) in [6.45, 7) is 1.13. The van der Waals surface area contributed by atoms with Crippen LogP contribution >= 0.6 is 11.6 Å². The molecule has 15 heavy (non-hydrogen) atoms. The number of hydrogen-bond acceptors (Lipinski definition) is 2. The molecule has 0 aliphatic carbocycles. The van der Waals surface area contributed by atoms with Crippen molar-refractivity contribution >= 4 is 23.7 Å². The maximum Gasteiger partial charge on any atom is 0.264 e. The standard InChI is InChI=1S/C10H7ClF2O2/c1-5(15)8-7(10(12)13)3-2-6(4-14)9(8)11/h2-4,10H,1H3. The topological polar surface area (TPSA) is 34.1 Å². The number of hydrogen-bond donors (Lipinski definition) is 0. The first kappa shape index (κ1) is 11.8. The lowest BCUT2D eigenvalue weighted by Gasteiger charge is -2.09. The van der Waals surface area contributed by atoms with Gasteiger partial charge in [-0.15, -0.1) is 0 Å². The maximum atomic E-state index is 12.5. The molecule has 0 atom stereocenters. The van der Waals surface area contributed by atoms with E-state index in [1.165, 1.54) is 6.07 Å². The van der Waals surface area contributed by atoms with Crippen LogP contribution in [0.5, 0.6) is 0 Å². The molecule has 1 aromatic rings. The van der Waals surface area contributed by atoms with Crippen LogP contribution in [0.3, 0.4) is 0 Å². The van der Waals surface area contributed by atoms with Crippen molar-refractivity contribution in [3.63, 3.8) is 0 Å². The molecule has 1 rings (SSSR count). The van der Waals surface area contributed by atoms with E-state index >= 15 is 0 Å². The van der Waals surface area contributed by atoms with E-state index in [1.807, 2.05) is 0 Å². The van der Waals surface area contributed by atoms with Crippen LogP contribution in [-0.4, -0.2) is 12.1 Å². The minimum absolute atomic E-state index is 0.0336. The highest BCUT2D eigenvalue weighted by atomic mass is 35.5. The van der Waals surface area contributed by atoms with E-state index in [0.717, 1.165) is 13.0 Å². The van der Waals surface area contributed by atoms with Crippen LogP contribution in [0.4, 0.5) is 8.78 Å². The molecule has 1 aromatic carbocycles. The highest BCUT2D eigenvalue weighted by Gasteiger charge is 2.20. The fraction of sp³-hybridized carbons (Fsp3) is 0.200. The minimum atomic E-state index is -2.79. The molecule has 0 heterocycles. The third kappa shape index (κ3) is 2.21. The molecule has 5 heteroatoms. The van der Waals surface area contributed by atoms with Gasteiger partial charge in [0.2, 0.25) is 0 Å². The van der Waals surface area contributed by atoms with Crippen LogP contribution in [0.15, 0.2) is 12.1 Å². The zero-order valence-corrected chi connectivity index (χ0v) is 8.52. The van der Waals surface area contributed by atoms with Gasteiger partial charge in [0.15, 0.2) is 12.1 Å². The summed E-state index contributed by atoms with van der Waals surface area (Å²) in [6.07, 6.45) is -2.37. The largest absolute Gasteiger partial charge is 0.298 e. The van der Waals surface area contributed by atoms with Crippen LogP contribution in [0.2, 0.25) is 5.02 Å². The Morgan fingerprint density at radius 2 is 2.07 bits per heavy atom. The molecular weight excluding hydrogens is 226 g/mol. The van der Waals surface area contributed by atoms with Crippen molar-refractivity contribution in [3.8, 4) is 0 Å². The van der Waals surface area contributed by atoms with Crippen molar-refractivity contribution in [3.05, 3.63) is 33.8 Å². The summed E-state index contributed by atoms with van der Waals surface area (Å²) in [5.74, 6) is -0.584. The Bertz CT molecular complexity index is 416. The molecule has 0 N–H and O–H groups in total. The van der Waals surface area contributed by atoms with Gasteiger partial charge in [-0.2, -0.15) is 0 Å². The first-order chi connectivity index (χ1) is 6.99. The number of rotatable bonds is 3. The number of ketones is 1. The van der Waals surface area contributed by atoms with Gasteiger partial charge in [-0.05, 0) is 13.0 Å². The molecule has 80 valence electrons. The first-order valence-corrected chi connectivity index (χ1v) is 4.43. The minimum Gasteiger partial charge on any atom is -0.298 e. The van der Waals surface area contributed by atoms with Gasteiger partial charge >= 0.3 is 0 Å². The lowest BCUT2D eigenvalue weighted by Crippen LogP contribution is -2.03. The summed E-state index contributed by atoms with van der Waals surface area (Å²) < 4.78 is 25.0. The van der Waals surface area contributed by atoms with Crippen molar-refractivity contribution in [2.75, 3.05) is 0 Å². The molecule has 0 aliphatic heterocycles. The number of carbonyl (C=O) groups excluding carboxylic acids is 2. The number of Topliss-reactive ketones (excluding diaryl/α,β-unsaturated/α-hetero) is 1. The van der Waals surface area contributed by atoms with E-state index in [-0.39, 0.29) is 16.1 Å². The van der Waals surface area contributed by atoms with Crippen molar-refractivity contribution < 1.29 is 18.4 Å². The molecule has 0 bridgehead atoms. The lowest BCUT2D eigenvalue weighted by atomic mass is 10.0. The normalized spacial score (nSPS) is 10.5. The number of alkyl halides is 2. The summed E-state index contributed by atoms with van der Waals surface area (Å²) in [5.41, 5.74) is -0.694. The maximum absolute atomic E-state index is 12.5. The smallest absolute Gasteiger partial charge is 0.264 e. The zero-order valence-electron chi connectivity index (χ0n) is 7.76. The van der Waals surface area contributed by atoms with Crippen molar-refractivity contribution in [2.45, 2.75) is 13.3 Å². The summed E-state index contributed by atoms with van der Waals surface area (Å²) in [4.78, 5) is 21.6. The molecule has 0 aromatic heterocycles. The Balaban J connectivity index is 3.51. The molecule has 0 spiro atoms. The highest BCUT2D eigenvalue weighted by molar-refractivity contribution is 6.36. The van der Waals surface area contributed by atoms with E-state index in [9.17, 15) is 18.4 Å². The third-order valence-electron chi connectivity index (χ3n) is 1.92. The fourth-order valence-corrected chi connectivity index (χ4v) is 1.59. The second-order valence-corrected chi connectivity index (χ2v) is 3.29. The van der Waals surface area contributed by atoms with Crippen molar-refractivity contribution in [2.24, 2.45) is 0 Å². The summed E-state index contributed by atoms with van der Waals surface area (Å²) >= 11 is 5.67. The van der Waals surface area contributed by atoms with Gasteiger partial charge in [0.25, 0.3) is 6.43 Å². The number of benzene rings is 1. The number of halogens is 3. The summed E-state index contributed by atoms with van der Waals surface area (Å²) in [5, 5.41) is -0.213. The quantitative estimate of drug-likeness (QED) is 0.592. The second-order valence-electron chi connectivity index (χ2n) is 2.91. The number of carbonyl (C=O) groups is 2. The SMILES string of the molecule is CC(=O)c1c(C(F)F)ccc(C=O)c1Cl. The van der Waals surface area contributed by atoms with Crippen LogP contribution in [-0.2, 0) is 0 Å². The van der Waals surface area contributed by atoms with E-state index in [4.69, 9.17) is 11.6 Å². The fourth-order valence-electron chi connectivity index (χ4n) is 1.24. The predicted octanol–water partition coefficient (Wildman–Crippen LogP) is 3.29. The predicted molar refractivity (Wildman–Crippen MR) is 51.8 cm³/mol. The van der Waals surface area contributed by atoms with E-state index < -0.39 is 17.8 Å². The van der Waals surface area contributed by atoms with Gasteiger partial charge in [-0.25, -0.2) is 8.78 Å². The summed E-state index contributed by atoms with van der Waals surface area (Å²) in [7, 11) is 0. The average molecular weight is 233 g/mol. The Labute approximate surface area is 89.8 Å². The second kappa shape index (κ2) is 4.49. The molecule has 0 aliphatic rings. The van der Waals surface area contributed by atoms with E-state index in [0.29, 0.717) is 6.29 Å². The highest BCUT2D eigenvalue weighted by Crippen LogP contribution is 2.30. The van der Waals surface area contributed by atoms with Crippen molar-refractivity contribution in [1.82, 2.24) is 0 Å². The molecule has 2 nitrogen and oxygen atoms in total. The molecule has 0 unspecified atom stereocenters. The Hall–Kier alpha value is -1.29. The molecular formula is C10H7ClF2O2. The lowest BCUT2D eigenvalue weighted by molar-refractivity contribution is 0.0999. The van der Waals surface area contributed by atoms with E-state index in [1.54, 1.807) is 0 Å². The average Bonchev–Trinajstić information content (AvgIpc) is 2.16. The van der Waals surface area contributed by atoms with Gasteiger partial charge in [-0.1, -0.05) is 17.7 Å². The van der Waals surface area contributed by atoms with Crippen LogP contribution in [0, 0.1) is 0 Å². The van der Waals surface area contributed by atoms with Crippen LogP contribution < -0.4 is 0 Å². The molecule has 0 radical (unpaired) electrons. The van der Waals surface area contributed by atoms with Crippen LogP contribution in [0.25, 0.3) is 0 Å².